The first kappa shape index (κ1) is 20.8. The fraction of sp³-hybridized carbons (Fsp3) is 0.375. The molecule has 0 aliphatic rings. The molecule has 0 bridgehead atoms. The van der Waals surface area contributed by atoms with Crippen molar-refractivity contribution >= 4 is 16.8 Å². The molecule has 0 saturated heterocycles. The van der Waals surface area contributed by atoms with E-state index in [0.29, 0.717) is 16.7 Å². The normalized spacial score (nSPS) is 12.8. The zero-order chi connectivity index (χ0) is 21.3. The van der Waals surface area contributed by atoms with Crippen LogP contribution in [0.25, 0.3) is 16.6 Å². The van der Waals surface area contributed by atoms with E-state index in [-0.39, 0.29) is 17.5 Å². The van der Waals surface area contributed by atoms with Crippen LogP contribution in [-0.2, 0) is 11.2 Å². The predicted molar refractivity (Wildman–Crippen MR) is 117 cm³/mol. The van der Waals surface area contributed by atoms with Gasteiger partial charge in [-0.25, -0.2) is 4.98 Å². The van der Waals surface area contributed by atoms with Crippen LogP contribution >= 0.6 is 0 Å². The van der Waals surface area contributed by atoms with Crippen LogP contribution in [0.4, 0.5) is 0 Å². The first-order valence-corrected chi connectivity index (χ1v) is 10.0. The lowest BCUT2D eigenvalue weighted by Gasteiger charge is -2.31. The van der Waals surface area contributed by atoms with Crippen LogP contribution in [0.15, 0.2) is 53.3 Å². The first-order chi connectivity index (χ1) is 13.6. The molecular weight excluding hydrogens is 362 g/mol. The molecule has 0 aliphatic heterocycles. The largest absolute Gasteiger partial charge is 0.335 e. The second-order valence-corrected chi connectivity index (χ2v) is 8.49. The van der Waals surface area contributed by atoms with Crippen LogP contribution < -0.4 is 5.56 Å². The molecule has 0 radical (unpaired) electrons. The van der Waals surface area contributed by atoms with Gasteiger partial charge in [0.15, 0.2) is 0 Å². The van der Waals surface area contributed by atoms with Gasteiger partial charge in [-0.05, 0) is 43.2 Å². The number of carbonyl (C=O) groups excluding carboxylic acids is 1. The van der Waals surface area contributed by atoms with Crippen molar-refractivity contribution in [3.8, 4) is 5.69 Å². The minimum absolute atomic E-state index is 0.000267. The zero-order valence-electron chi connectivity index (χ0n) is 18.1. The Hall–Kier alpha value is -2.95. The number of hydrogen-bond donors (Lipinski definition) is 0. The lowest BCUT2D eigenvalue weighted by atomic mass is 9.94. The second-order valence-electron chi connectivity index (χ2n) is 8.49. The third-order valence-electron chi connectivity index (χ3n) is 5.32. The van der Waals surface area contributed by atoms with Gasteiger partial charge in [0, 0.05) is 12.5 Å². The Morgan fingerprint density at radius 1 is 1.10 bits per heavy atom. The molecule has 0 N–H and O–H groups in total. The van der Waals surface area contributed by atoms with Gasteiger partial charge in [-0.2, -0.15) is 0 Å². The molecule has 1 aromatic heterocycles. The molecule has 1 atom stereocenters. The number of rotatable bonds is 4. The maximum absolute atomic E-state index is 13.4. The van der Waals surface area contributed by atoms with Crippen molar-refractivity contribution in [2.24, 2.45) is 5.41 Å². The molecule has 29 heavy (non-hydrogen) atoms. The Labute approximate surface area is 172 Å². The highest BCUT2D eigenvalue weighted by Gasteiger charge is 2.30. The van der Waals surface area contributed by atoms with E-state index in [1.54, 1.807) is 22.6 Å². The van der Waals surface area contributed by atoms with Gasteiger partial charge in [0.05, 0.1) is 22.6 Å². The van der Waals surface area contributed by atoms with Crippen molar-refractivity contribution < 1.29 is 4.79 Å². The van der Waals surface area contributed by atoms with Crippen LogP contribution in [-0.4, -0.2) is 27.4 Å². The summed E-state index contributed by atoms with van der Waals surface area (Å²) in [6, 6.07) is 14.9. The Kier molecular flexibility index (Phi) is 5.60. The minimum atomic E-state index is -0.520. The maximum atomic E-state index is 13.4. The average molecular weight is 392 g/mol. The highest BCUT2D eigenvalue weighted by molar-refractivity contribution is 5.82. The van der Waals surface area contributed by atoms with E-state index in [2.05, 4.69) is 6.92 Å². The molecule has 0 aliphatic carbocycles. The summed E-state index contributed by atoms with van der Waals surface area (Å²) >= 11 is 0. The first-order valence-electron chi connectivity index (χ1n) is 10.0. The van der Waals surface area contributed by atoms with Crippen LogP contribution in [0.2, 0.25) is 0 Å². The lowest BCUT2D eigenvalue weighted by Crippen LogP contribution is -2.40. The number of para-hydroxylation sites is 1. The second kappa shape index (κ2) is 7.82. The maximum Gasteiger partial charge on any atom is 0.266 e. The fourth-order valence-electron chi connectivity index (χ4n) is 3.44. The van der Waals surface area contributed by atoms with Gasteiger partial charge in [0.1, 0.15) is 5.82 Å². The van der Waals surface area contributed by atoms with Gasteiger partial charge in [-0.1, -0.05) is 52.0 Å². The molecule has 3 rings (SSSR count). The number of nitrogens with zero attached hydrogens (tertiary/aromatic N) is 3. The summed E-state index contributed by atoms with van der Waals surface area (Å²) in [6.07, 6.45) is 0.928. The number of aryl methyl sites for hydroxylation is 1. The molecule has 2 aromatic carbocycles. The number of carbonyl (C=O) groups is 1. The highest BCUT2D eigenvalue weighted by Crippen LogP contribution is 2.26. The fourth-order valence-corrected chi connectivity index (χ4v) is 3.44. The van der Waals surface area contributed by atoms with Gasteiger partial charge in [-0.15, -0.1) is 0 Å². The van der Waals surface area contributed by atoms with Crippen LogP contribution in [0.3, 0.4) is 0 Å². The Balaban J connectivity index is 2.24. The summed E-state index contributed by atoms with van der Waals surface area (Å²) in [5.74, 6) is 0.554. The van der Waals surface area contributed by atoms with E-state index in [0.717, 1.165) is 12.1 Å². The average Bonchev–Trinajstić information content (AvgIpc) is 2.71. The Bertz CT molecular complexity index is 1090. The van der Waals surface area contributed by atoms with Crippen LogP contribution in [0.5, 0.6) is 0 Å². The molecule has 152 valence electrons. The molecule has 0 fully saturated rings. The summed E-state index contributed by atoms with van der Waals surface area (Å²) in [4.78, 5) is 32.8. The van der Waals surface area contributed by atoms with Gasteiger partial charge in [0.2, 0.25) is 5.91 Å². The van der Waals surface area contributed by atoms with E-state index in [1.807, 2.05) is 70.2 Å². The zero-order valence-corrected chi connectivity index (χ0v) is 18.1. The highest BCUT2D eigenvalue weighted by atomic mass is 16.2. The van der Waals surface area contributed by atoms with Gasteiger partial charge in [0.25, 0.3) is 5.56 Å². The third-order valence-corrected chi connectivity index (χ3v) is 5.32. The van der Waals surface area contributed by atoms with E-state index in [9.17, 15) is 9.59 Å². The summed E-state index contributed by atoms with van der Waals surface area (Å²) in [7, 11) is 1.77. The minimum Gasteiger partial charge on any atom is -0.335 e. The molecule has 1 amide bonds. The van der Waals surface area contributed by atoms with Gasteiger partial charge >= 0.3 is 0 Å². The summed E-state index contributed by atoms with van der Waals surface area (Å²) in [6.45, 7) is 9.69. The van der Waals surface area contributed by atoms with Crippen LogP contribution in [0, 0.1) is 5.41 Å². The topological polar surface area (TPSA) is 55.2 Å². The van der Waals surface area contributed by atoms with Crippen LogP contribution in [0.1, 0.15) is 52.0 Å². The van der Waals surface area contributed by atoms with Crippen molar-refractivity contribution in [1.82, 2.24) is 14.5 Å². The molecule has 5 nitrogen and oxygen atoms in total. The smallest absolute Gasteiger partial charge is 0.266 e. The number of aromatic nitrogens is 2. The van der Waals surface area contributed by atoms with Crippen molar-refractivity contribution in [2.45, 2.75) is 47.1 Å². The SMILES string of the molecule is CCc1ccc(-n2c(C(C)N(C)C(=O)C(C)(C)C)nc3ccccc3c2=O)cc1. The molecule has 3 aromatic rings. The Morgan fingerprint density at radius 3 is 2.31 bits per heavy atom. The monoisotopic (exact) mass is 391 g/mol. The van der Waals surface area contributed by atoms with Gasteiger partial charge in [-0.3, -0.25) is 14.2 Å². The molecule has 5 heteroatoms. The quantitative estimate of drug-likeness (QED) is 0.657. The van der Waals surface area contributed by atoms with Crippen molar-refractivity contribution in [3.63, 3.8) is 0 Å². The Morgan fingerprint density at radius 2 is 1.72 bits per heavy atom. The molecular formula is C24H29N3O2. The van der Waals surface area contributed by atoms with E-state index >= 15 is 0 Å². The predicted octanol–water partition coefficient (Wildman–Crippen LogP) is 4.51. The lowest BCUT2D eigenvalue weighted by molar-refractivity contribution is -0.140. The molecule has 0 saturated carbocycles. The molecule has 0 spiro atoms. The number of fused-ring (bicyclic) bond motifs is 1. The number of hydrogen-bond acceptors (Lipinski definition) is 3. The molecule has 1 heterocycles. The number of benzene rings is 2. The van der Waals surface area contributed by atoms with Gasteiger partial charge < -0.3 is 4.90 Å². The van der Waals surface area contributed by atoms with Crippen molar-refractivity contribution in [1.29, 1.82) is 0 Å². The van der Waals surface area contributed by atoms with E-state index < -0.39 is 5.41 Å². The van der Waals surface area contributed by atoms with E-state index in [4.69, 9.17) is 4.98 Å². The number of amides is 1. The van der Waals surface area contributed by atoms with E-state index in [1.165, 1.54) is 5.56 Å². The summed E-state index contributed by atoms with van der Waals surface area (Å²) in [5.41, 5.74) is 1.94. The standard InChI is InChI=1S/C24H29N3O2/c1-7-17-12-14-18(15-13-17)27-21(16(2)26(6)23(29)24(3,4)5)25-20-11-9-8-10-19(20)22(27)28/h8-16H,7H2,1-6H3. The summed E-state index contributed by atoms with van der Waals surface area (Å²) in [5, 5.41) is 0.563. The summed E-state index contributed by atoms with van der Waals surface area (Å²) < 4.78 is 1.64. The molecule has 1 unspecified atom stereocenters. The third kappa shape index (κ3) is 3.95. The van der Waals surface area contributed by atoms with Crippen molar-refractivity contribution in [2.75, 3.05) is 7.05 Å². The van der Waals surface area contributed by atoms with Crippen molar-refractivity contribution in [3.05, 3.63) is 70.3 Å².